The zero-order valence-electron chi connectivity index (χ0n) is 9.32. The molecule has 82 valence electrons. The summed E-state index contributed by atoms with van der Waals surface area (Å²) in [6.45, 7) is 0.939. The molecule has 0 aliphatic heterocycles. The van der Waals surface area contributed by atoms with E-state index in [1.54, 1.807) is 0 Å². The van der Waals surface area contributed by atoms with Crippen LogP contribution in [0.15, 0.2) is 12.3 Å². The summed E-state index contributed by atoms with van der Waals surface area (Å²) in [5.74, 6) is 1.98. The average Bonchev–Trinajstić information content (AvgIpc) is 2.90. The third kappa shape index (κ3) is 1.81. The lowest BCUT2D eigenvalue weighted by Crippen LogP contribution is -2.33. The van der Waals surface area contributed by atoms with Gasteiger partial charge in [0.05, 0.1) is 5.69 Å². The maximum atomic E-state index is 4.39. The second-order valence-corrected chi connectivity index (χ2v) is 5.14. The fourth-order valence-electron chi connectivity index (χ4n) is 3.29. The Hall–Kier alpha value is -0.830. The number of hydrogen-bond donors (Lipinski definition) is 1. The molecule has 3 rings (SSSR count). The first-order chi connectivity index (χ1) is 7.31. The normalized spacial score (nSPS) is 33.8. The molecule has 2 aliphatic rings. The van der Waals surface area contributed by atoms with Crippen molar-refractivity contribution in [2.75, 3.05) is 0 Å². The fourth-order valence-corrected chi connectivity index (χ4v) is 3.29. The number of aryl methyl sites for hydroxylation is 1. The van der Waals surface area contributed by atoms with Gasteiger partial charge in [0.15, 0.2) is 0 Å². The molecular weight excluding hydrogens is 186 g/mol. The minimum absolute atomic E-state index is 0.769. The van der Waals surface area contributed by atoms with E-state index in [0.717, 1.165) is 24.4 Å². The molecular formula is C12H19N3. The molecule has 3 atom stereocenters. The number of hydrogen-bond acceptors (Lipinski definition) is 2. The standard InChI is InChI=1S/C12H19N3/c1-15-5-4-11(14-15)8-13-12-7-9-2-3-10(12)6-9/h4-5,9-10,12-13H,2-3,6-8H2,1H3. The van der Waals surface area contributed by atoms with Crippen molar-refractivity contribution in [2.45, 2.75) is 38.3 Å². The van der Waals surface area contributed by atoms with Gasteiger partial charge in [-0.3, -0.25) is 4.68 Å². The Kier molecular flexibility index (Phi) is 2.28. The van der Waals surface area contributed by atoms with E-state index in [1.807, 2.05) is 17.9 Å². The van der Waals surface area contributed by atoms with E-state index >= 15 is 0 Å². The van der Waals surface area contributed by atoms with Crippen molar-refractivity contribution in [3.05, 3.63) is 18.0 Å². The number of fused-ring (bicyclic) bond motifs is 2. The van der Waals surface area contributed by atoms with E-state index in [1.165, 1.54) is 31.4 Å². The molecule has 1 N–H and O–H groups in total. The summed E-state index contributed by atoms with van der Waals surface area (Å²) in [5, 5.41) is 8.05. The molecule has 15 heavy (non-hydrogen) atoms. The summed E-state index contributed by atoms with van der Waals surface area (Å²) in [7, 11) is 1.97. The Labute approximate surface area is 90.9 Å². The molecule has 2 saturated carbocycles. The summed E-state index contributed by atoms with van der Waals surface area (Å²) >= 11 is 0. The number of aromatic nitrogens is 2. The van der Waals surface area contributed by atoms with Crippen molar-refractivity contribution >= 4 is 0 Å². The van der Waals surface area contributed by atoms with Gasteiger partial charge >= 0.3 is 0 Å². The topological polar surface area (TPSA) is 29.9 Å². The fraction of sp³-hybridized carbons (Fsp3) is 0.750. The monoisotopic (exact) mass is 205 g/mol. The van der Waals surface area contributed by atoms with Crippen LogP contribution in [0.1, 0.15) is 31.4 Å². The molecule has 0 saturated heterocycles. The minimum Gasteiger partial charge on any atom is -0.308 e. The molecule has 0 radical (unpaired) electrons. The molecule has 2 fully saturated rings. The van der Waals surface area contributed by atoms with Gasteiger partial charge < -0.3 is 5.32 Å². The van der Waals surface area contributed by atoms with Gasteiger partial charge in [-0.05, 0) is 37.2 Å². The largest absolute Gasteiger partial charge is 0.308 e. The first kappa shape index (κ1) is 9.40. The third-order valence-corrected chi connectivity index (χ3v) is 4.05. The molecule has 0 spiro atoms. The molecule has 0 amide bonds. The summed E-state index contributed by atoms with van der Waals surface area (Å²) < 4.78 is 1.87. The second-order valence-electron chi connectivity index (χ2n) is 5.14. The highest BCUT2D eigenvalue weighted by Crippen LogP contribution is 2.44. The third-order valence-electron chi connectivity index (χ3n) is 4.05. The van der Waals surface area contributed by atoms with Crippen LogP contribution >= 0.6 is 0 Å². The molecule has 0 aromatic carbocycles. The van der Waals surface area contributed by atoms with Gasteiger partial charge in [0.25, 0.3) is 0 Å². The van der Waals surface area contributed by atoms with Crippen LogP contribution in [0, 0.1) is 11.8 Å². The SMILES string of the molecule is Cn1ccc(CNC2CC3CCC2C3)n1. The van der Waals surface area contributed by atoms with Crippen molar-refractivity contribution < 1.29 is 0 Å². The predicted octanol–water partition coefficient (Wildman–Crippen LogP) is 1.70. The zero-order chi connectivity index (χ0) is 10.3. The van der Waals surface area contributed by atoms with E-state index < -0.39 is 0 Å². The molecule has 2 aliphatic carbocycles. The lowest BCUT2D eigenvalue weighted by Gasteiger charge is -2.22. The predicted molar refractivity (Wildman–Crippen MR) is 59.3 cm³/mol. The lowest BCUT2D eigenvalue weighted by atomic mass is 9.95. The van der Waals surface area contributed by atoms with E-state index in [4.69, 9.17) is 0 Å². The van der Waals surface area contributed by atoms with Gasteiger partial charge in [0, 0.05) is 25.8 Å². The van der Waals surface area contributed by atoms with E-state index in [0.29, 0.717) is 0 Å². The highest BCUT2D eigenvalue weighted by atomic mass is 15.3. The van der Waals surface area contributed by atoms with Gasteiger partial charge in [-0.15, -0.1) is 0 Å². The van der Waals surface area contributed by atoms with Crippen LogP contribution in [-0.2, 0) is 13.6 Å². The maximum Gasteiger partial charge on any atom is 0.0762 e. The average molecular weight is 205 g/mol. The summed E-state index contributed by atoms with van der Waals surface area (Å²) in [5.41, 5.74) is 1.17. The Morgan fingerprint density at radius 1 is 1.47 bits per heavy atom. The summed E-state index contributed by atoms with van der Waals surface area (Å²) in [4.78, 5) is 0. The number of nitrogens with one attached hydrogen (secondary N) is 1. The minimum atomic E-state index is 0.769. The van der Waals surface area contributed by atoms with Gasteiger partial charge in [-0.1, -0.05) is 6.42 Å². The van der Waals surface area contributed by atoms with Crippen molar-refractivity contribution in [1.29, 1.82) is 0 Å². The zero-order valence-corrected chi connectivity index (χ0v) is 9.32. The Bertz CT molecular complexity index is 344. The van der Waals surface area contributed by atoms with E-state index in [9.17, 15) is 0 Å². The molecule has 2 bridgehead atoms. The molecule has 3 nitrogen and oxygen atoms in total. The van der Waals surface area contributed by atoms with Crippen molar-refractivity contribution in [2.24, 2.45) is 18.9 Å². The molecule has 1 heterocycles. The first-order valence-corrected chi connectivity index (χ1v) is 6.03. The summed E-state index contributed by atoms with van der Waals surface area (Å²) in [6.07, 6.45) is 7.81. The molecule has 1 aromatic rings. The van der Waals surface area contributed by atoms with Crippen LogP contribution in [0.5, 0.6) is 0 Å². The molecule has 3 unspecified atom stereocenters. The van der Waals surface area contributed by atoms with Crippen molar-refractivity contribution in [1.82, 2.24) is 15.1 Å². The quantitative estimate of drug-likeness (QED) is 0.814. The van der Waals surface area contributed by atoms with Crippen LogP contribution in [0.4, 0.5) is 0 Å². The Morgan fingerprint density at radius 3 is 3.00 bits per heavy atom. The van der Waals surface area contributed by atoms with Crippen molar-refractivity contribution in [3.8, 4) is 0 Å². The van der Waals surface area contributed by atoms with Gasteiger partial charge in [0.2, 0.25) is 0 Å². The highest BCUT2D eigenvalue weighted by Gasteiger charge is 2.38. The van der Waals surface area contributed by atoms with Crippen LogP contribution in [-0.4, -0.2) is 15.8 Å². The number of rotatable bonds is 3. The van der Waals surface area contributed by atoms with E-state index in [2.05, 4.69) is 16.5 Å². The van der Waals surface area contributed by atoms with Crippen LogP contribution in [0.2, 0.25) is 0 Å². The smallest absolute Gasteiger partial charge is 0.0762 e. The highest BCUT2D eigenvalue weighted by molar-refractivity contribution is 5.00. The van der Waals surface area contributed by atoms with Crippen LogP contribution in [0.3, 0.4) is 0 Å². The van der Waals surface area contributed by atoms with Gasteiger partial charge in [0.1, 0.15) is 0 Å². The maximum absolute atomic E-state index is 4.39. The van der Waals surface area contributed by atoms with Crippen LogP contribution < -0.4 is 5.32 Å². The second kappa shape index (κ2) is 3.63. The lowest BCUT2D eigenvalue weighted by molar-refractivity contribution is 0.349. The number of nitrogens with zero attached hydrogens (tertiary/aromatic N) is 2. The summed E-state index contributed by atoms with van der Waals surface area (Å²) in [6, 6.07) is 2.87. The Morgan fingerprint density at radius 2 is 2.40 bits per heavy atom. The van der Waals surface area contributed by atoms with Gasteiger partial charge in [-0.25, -0.2) is 0 Å². The molecule has 1 aromatic heterocycles. The van der Waals surface area contributed by atoms with E-state index in [-0.39, 0.29) is 0 Å². The Balaban J connectivity index is 1.54. The van der Waals surface area contributed by atoms with Crippen LogP contribution in [0.25, 0.3) is 0 Å². The molecule has 3 heteroatoms. The van der Waals surface area contributed by atoms with Gasteiger partial charge in [-0.2, -0.15) is 5.10 Å². The first-order valence-electron chi connectivity index (χ1n) is 6.03. The van der Waals surface area contributed by atoms with Crippen molar-refractivity contribution in [3.63, 3.8) is 0 Å².